The third-order valence-corrected chi connectivity index (χ3v) is 14.1. The van der Waals surface area contributed by atoms with Gasteiger partial charge in [-0.05, 0) is 77.8 Å². The van der Waals surface area contributed by atoms with Gasteiger partial charge in [0.05, 0.1) is 33.7 Å². The van der Waals surface area contributed by atoms with Gasteiger partial charge in [0.1, 0.15) is 19.8 Å². The molecule has 0 saturated carbocycles. The van der Waals surface area contributed by atoms with Crippen molar-refractivity contribution in [2.75, 3.05) is 60.5 Å². The molecular weight excluding hydrogens is 500 g/mol. The molecule has 37 heavy (non-hydrogen) atoms. The van der Waals surface area contributed by atoms with Crippen molar-refractivity contribution in [3.05, 3.63) is 31.4 Å². The van der Waals surface area contributed by atoms with Gasteiger partial charge < -0.3 is 22.6 Å². The van der Waals surface area contributed by atoms with Crippen molar-refractivity contribution in [3.63, 3.8) is 0 Å². The summed E-state index contributed by atoms with van der Waals surface area (Å²) < 4.78 is 18.8. The molecule has 0 spiro atoms. The second-order valence-electron chi connectivity index (χ2n) is 12.8. The van der Waals surface area contributed by atoms with Gasteiger partial charge >= 0.3 is 11.9 Å². The van der Waals surface area contributed by atoms with E-state index in [1.54, 1.807) is 13.8 Å². The van der Waals surface area contributed by atoms with E-state index in [1.165, 1.54) is 12.5 Å². The van der Waals surface area contributed by atoms with Gasteiger partial charge in [-0.15, -0.1) is 7.05 Å². The molecule has 0 heterocycles. The first kappa shape index (κ1) is 35.7. The number of ether oxygens (including phenoxy) is 2. The fourth-order valence-corrected chi connectivity index (χ4v) is 13.2. The van der Waals surface area contributed by atoms with Crippen molar-refractivity contribution < 1.29 is 32.1 Å². The Morgan fingerprint density at radius 2 is 1.11 bits per heavy atom. The zero-order valence-electron chi connectivity index (χ0n) is 25.5. The minimum Gasteiger partial charge on any atom is -0.456 e. The minimum atomic E-state index is -1.73. The van der Waals surface area contributed by atoms with E-state index in [4.69, 9.17) is 13.6 Å². The molecule has 0 N–H and O–H groups in total. The van der Waals surface area contributed by atoms with E-state index >= 15 is 0 Å². The molecule has 0 fully saturated rings. The van der Waals surface area contributed by atoms with Gasteiger partial charge in [0, 0.05) is 18.2 Å². The molecule has 0 bridgehead atoms. The van der Waals surface area contributed by atoms with Crippen LogP contribution in [0.25, 0.3) is 0 Å². The first-order chi connectivity index (χ1) is 16.8. The van der Waals surface area contributed by atoms with E-state index in [9.17, 15) is 9.59 Å². The molecule has 0 radical (unpaired) electrons. The van der Waals surface area contributed by atoms with Crippen molar-refractivity contribution in [1.29, 1.82) is 0 Å². The Balaban J connectivity index is 4.28. The summed E-state index contributed by atoms with van der Waals surface area (Å²) in [5.41, 5.74) is 0.876. The van der Waals surface area contributed by atoms with Crippen molar-refractivity contribution in [2.24, 2.45) is 0 Å². The molecule has 216 valence electrons. The molecule has 1 unspecified atom stereocenters. The maximum atomic E-state index is 11.6. The molecule has 0 aromatic carbocycles. The lowest BCUT2D eigenvalue weighted by Gasteiger charge is -2.38. The SMILES string of the molecule is C=C(C)C(=O)OCC[N+]([CH2-])(C)CCCC[Si](C)(C)O[Si](C)(C)CCCC[N+](C)(C)CCOC(=O)C(=C)C. The zero-order chi connectivity index (χ0) is 28.9. The molecule has 0 aliphatic rings. The lowest BCUT2D eigenvalue weighted by atomic mass is 10.3. The number of quaternary nitrogens is 2. The normalized spacial score (nSPS) is 14.1. The summed E-state index contributed by atoms with van der Waals surface area (Å²) in [4.78, 5) is 23.1. The van der Waals surface area contributed by atoms with Crippen LogP contribution < -0.4 is 0 Å². The Labute approximate surface area is 230 Å². The van der Waals surface area contributed by atoms with Gasteiger partial charge in [-0.2, -0.15) is 0 Å². The number of hydrogen-bond acceptors (Lipinski definition) is 5. The highest BCUT2D eigenvalue weighted by molar-refractivity contribution is 6.84. The first-order valence-corrected chi connectivity index (χ1v) is 19.9. The Morgan fingerprint density at radius 1 is 0.703 bits per heavy atom. The number of esters is 2. The fourth-order valence-electron chi connectivity index (χ4n) is 4.20. The van der Waals surface area contributed by atoms with Crippen molar-refractivity contribution in [3.8, 4) is 0 Å². The Bertz CT molecular complexity index is 702. The van der Waals surface area contributed by atoms with Crippen LogP contribution in [0.4, 0.5) is 0 Å². The topological polar surface area (TPSA) is 61.8 Å². The molecule has 0 aromatic rings. The molecular formula is C28H57N2O5Si2+. The van der Waals surface area contributed by atoms with Crippen LogP contribution in [-0.2, 0) is 23.2 Å². The average Bonchev–Trinajstić information content (AvgIpc) is 2.73. The number of carbonyl (C=O) groups excluding carboxylic acids is 2. The highest BCUT2D eigenvalue weighted by Crippen LogP contribution is 2.25. The first-order valence-electron chi connectivity index (χ1n) is 13.6. The van der Waals surface area contributed by atoms with Crippen molar-refractivity contribution in [2.45, 2.75) is 77.8 Å². The number of unbranched alkanes of at least 4 members (excludes halogenated alkanes) is 2. The van der Waals surface area contributed by atoms with Crippen LogP contribution in [0.5, 0.6) is 0 Å². The van der Waals surface area contributed by atoms with Gasteiger partial charge in [0.25, 0.3) is 0 Å². The molecule has 0 rings (SSSR count). The predicted molar refractivity (Wildman–Crippen MR) is 159 cm³/mol. The maximum Gasteiger partial charge on any atom is 0.333 e. The van der Waals surface area contributed by atoms with Crippen LogP contribution in [0.2, 0.25) is 38.3 Å². The van der Waals surface area contributed by atoms with E-state index in [0.717, 1.165) is 49.4 Å². The zero-order valence-corrected chi connectivity index (χ0v) is 27.5. The van der Waals surface area contributed by atoms with Crippen LogP contribution in [-0.4, -0.2) is 98.1 Å². The number of rotatable bonds is 20. The predicted octanol–water partition coefficient (Wildman–Crippen LogP) is 5.53. The summed E-state index contributed by atoms with van der Waals surface area (Å²) in [6.07, 6.45) is 4.54. The standard InChI is InChI=1S/C28H57N2O5Si2/c1-25(2)27(31)33-21-19-29(5,6)17-13-15-23-36(9,10)35-37(11,12)24-16-14-18-30(7,8)20-22-34-28(32)26(3)4/h1,3,5,13-24H2,2,4,6-12H3/q+1. The molecule has 0 aromatic heterocycles. The molecule has 9 heteroatoms. The second-order valence-corrected chi connectivity index (χ2v) is 21.7. The number of nitrogens with zero attached hydrogens (tertiary/aromatic N) is 2. The van der Waals surface area contributed by atoms with Crippen molar-refractivity contribution in [1.82, 2.24) is 0 Å². The third-order valence-electron chi connectivity index (χ3n) is 6.56. The number of hydrogen-bond donors (Lipinski definition) is 0. The van der Waals surface area contributed by atoms with Gasteiger partial charge in [-0.1, -0.05) is 13.2 Å². The van der Waals surface area contributed by atoms with Gasteiger partial charge in [0.15, 0.2) is 16.6 Å². The highest BCUT2D eigenvalue weighted by atomic mass is 28.4. The van der Waals surface area contributed by atoms with Gasteiger partial charge in [-0.3, -0.25) is 0 Å². The van der Waals surface area contributed by atoms with Crippen LogP contribution in [0, 0.1) is 7.05 Å². The second kappa shape index (κ2) is 16.0. The fraction of sp³-hybridized carbons (Fsp3) is 0.750. The van der Waals surface area contributed by atoms with Crippen LogP contribution >= 0.6 is 0 Å². The van der Waals surface area contributed by atoms with E-state index < -0.39 is 16.6 Å². The number of carbonyl (C=O) groups is 2. The van der Waals surface area contributed by atoms with Gasteiger partial charge in [-0.25, -0.2) is 9.59 Å². The van der Waals surface area contributed by atoms with Crippen molar-refractivity contribution >= 4 is 28.6 Å². The van der Waals surface area contributed by atoms with Crippen LogP contribution in [0.15, 0.2) is 24.3 Å². The van der Waals surface area contributed by atoms with E-state index in [-0.39, 0.29) is 11.9 Å². The van der Waals surface area contributed by atoms with Crippen LogP contribution in [0.3, 0.4) is 0 Å². The molecule has 0 amide bonds. The Kier molecular flexibility index (Phi) is 15.4. The summed E-state index contributed by atoms with van der Waals surface area (Å²) in [7, 11) is 7.29. The summed E-state index contributed by atoms with van der Waals surface area (Å²) in [6, 6.07) is 2.33. The third kappa shape index (κ3) is 18.6. The molecule has 0 saturated heterocycles. The van der Waals surface area contributed by atoms with E-state index in [2.05, 4.69) is 67.5 Å². The van der Waals surface area contributed by atoms with Gasteiger partial charge in [0.2, 0.25) is 0 Å². The monoisotopic (exact) mass is 557 g/mol. The smallest absolute Gasteiger partial charge is 0.333 e. The summed E-state index contributed by atoms with van der Waals surface area (Å²) in [5.74, 6) is -0.640. The average molecular weight is 558 g/mol. The lowest BCUT2D eigenvalue weighted by molar-refractivity contribution is -0.890. The minimum absolute atomic E-state index is 0.308. The summed E-state index contributed by atoms with van der Waals surface area (Å²) in [5, 5.41) is 0. The summed E-state index contributed by atoms with van der Waals surface area (Å²) in [6.45, 7) is 24.3. The molecule has 0 aliphatic heterocycles. The van der Waals surface area contributed by atoms with E-state index in [1.807, 2.05) is 0 Å². The Hall–Kier alpha value is -1.27. The molecule has 0 aliphatic carbocycles. The highest BCUT2D eigenvalue weighted by Gasteiger charge is 2.32. The van der Waals surface area contributed by atoms with Crippen LogP contribution in [0.1, 0.15) is 39.5 Å². The quantitative estimate of drug-likeness (QED) is 0.0492. The van der Waals surface area contributed by atoms with E-state index in [0.29, 0.717) is 35.4 Å². The summed E-state index contributed by atoms with van der Waals surface area (Å²) >= 11 is 0. The molecule has 7 nitrogen and oxygen atoms in total. The maximum absolute atomic E-state index is 11.6. The largest absolute Gasteiger partial charge is 0.456 e. The number of likely N-dealkylation sites (N-methyl/N-ethyl adjacent to an activating group) is 2. The molecule has 1 atom stereocenters. The Morgan fingerprint density at radius 3 is 1.54 bits per heavy atom. The lowest BCUT2D eigenvalue weighted by Crippen LogP contribution is -2.45.